The van der Waals surface area contributed by atoms with Crippen molar-refractivity contribution in [2.24, 2.45) is 5.92 Å². The number of nitrogens with one attached hydrogen (secondary N) is 2. The first-order valence-corrected chi connectivity index (χ1v) is 6.78. The molecule has 1 saturated carbocycles. The molecule has 2 rings (SSSR count). The van der Waals surface area contributed by atoms with Gasteiger partial charge in [-0.3, -0.25) is 14.9 Å². The molecule has 6 heteroatoms. The van der Waals surface area contributed by atoms with Crippen LogP contribution in [0.5, 0.6) is 0 Å². The topological polar surface area (TPSA) is 84.3 Å². The van der Waals surface area contributed by atoms with Gasteiger partial charge in [0, 0.05) is 24.7 Å². The van der Waals surface area contributed by atoms with E-state index in [0.29, 0.717) is 18.0 Å². The van der Waals surface area contributed by atoms with E-state index >= 15 is 0 Å². The van der Waals surface area contributed by atoms with Gasteiger partial charge < -0.3 is 10.6 Å². The summed E-state index contributed by atoms with van der Waals surface area (Å²) in [5.41, 5.74) is 1.60. The van der Waals surface area contributed by atoms with Crippen molar-refractivity contribution in [3.63, 3.8) is 0 Å². The van der Waals surface area contributed by atoms with E-state index in [2.05, 4.69) is 10.6 Å². The van der Waals surface area contributed by atoms with Crippen molar-refractivity contribution < 1.29 is 9.72 Å². The SMILES string of the molecule is Cc1c(CNCC(=O)NCC2CC2)cccc1[N+](=O)[O-]. The van der Waals surface area contributed by atoms with Crippen molar-refractivity contribution in [3.8, 4) is 0 Å². The van der Waals surface area contributed by atoms with Gasteiger partial charge in [0.2, 0.25) is 5.91 Å². The number of benzene rings is 1. The summed E-state index contributed by atoms with van der Waals surface area (Å²) in [6.07, 6.45) is 2.42. The smallest absolute Gasteiger partial charge is 0.272 e. The van der Waals surface area contributed by atoms with E-state index < -0.39 is 0 Å². The molecule has 1 aliphatic rings. The van der Waals surface area contributed by atoms with Gasteiger partial charge in [0.15, 0.2) is 0 Å². The van der Waals surface area contributed by atoms with E-state index in [0.717, 1.165) is 12.1 Å². The van der Waals surface area contributed by atoms with Gasteiger partial charge in [-0.2, -0.15) is 0 Å². The zero-order chi connectivity index (χ0) is 14.5. The van der Waals surface area contributed by atoms with Crippen molar-refractivity contribution in [1.82, 2.24) is 10.6 Å². The molecule has 108 valence electrons. The summed E-state index contributed by atoms with van der Waals surface area (Å²) < 4.78 is 0. The van der Waals surface area contributed by atoms with Crippen LogP contribution in [0.2, 0.25) is 0 Å². The number of amides is 1. The third-order valence-electron chi connectivity index (χ3n) is 3.50. The lowest BCUT2D eigenvalue weighted by atomic mass is 10.1. The zero-order valence-corrected chi connectivity index (χ0v) is 11.5. The minimum atomic E-state index is -0.388. The van der Waals surface area contributed by atoms with Crippen LogP contribution < -0.4 is 10.6 Å². The molecule has 1 aromatic rings. The number of carbonyl (C=O) groups excluding carboxylic acids is 1. The molecular formula is C14H19N3O3. The van der Waals surface area contributed by atoms with Crippen LogP contribution >= 0.6 is 0 Å². The molecule has 1 amide bonds. The molecular weight excluding hydrogens is 258 g/mol. The predicted octanol–water partition coefficient (Wildman–Crippen LogP) is 1.52. The lowest BCUT2D eigenvalue weighted by Gasteiger charge is -2.08. The van der Waals surface area contributed by atoms with E-state index in [4.69, 9.17) is 0 Å². The first kappa shape index (κ1) is 14.5. The Morgan fingerprint density at radius 2 is 2.20 bits per heavy atom. The Kier molecular flexibility index (Phi) is 4.68. The molecule has 0 saturated heterocycles. The summed E-state index contributed by atoms with van der Waals surface area (Å²) in [7, 11) is 0. The Balaban J connectivity index is 1.79. The van der Waals surface area contributed by atoms with Crippen molar-refractivity contribution in [2.75, 3.05) is 13.1 Å². The lowest BCUT2D eigenvalue weighted by Crippen LogP contribution is -2.34. The monoisotopic (exact) mass is 277 g/mol. The van der Waals surface area contributed by atoms with Gasteiger partial charge in [-0.05, 0) is 31.2 Å². The van der Waals surface area contributed by atoms with E-state index in [1.54, 1.807) is 13.0 Å². The highest BCUT2D eigenvalue weighted by molar-refractivity contribution is 5.78. The van der Waals surface area contributed by atoms with Crippen molar-refractivity contribution in [2.45, 2.75) is 26.3 Å². The van der Waals surface area contributed by atoms with Crippen LogP contribution in [0.1, 0.15) is 24.0 Å². The fourth-order valence-electron chi connectivity index (χ4n) is 2.01. The maximum atomic E-state index is 11.5. The van der Waals surface area contributed by atoms with Gasteiger partial charge in [-0.25, -0.2) is 0 Å². The molecule has 20 heavy (non-hydrogen) atoms. The summed E-state index contributed by atoms with van der Waals surface area (Å²) in [5.74, 6) is 0.637. The Hall–Kier alpha value is -1.95. The molecule has 0 heterocycles. The molecule has 2 N–H and O–H groups in total. The highest BCUT2D eigenvalue weighted by Crippen LogP contribution is 2.27. The number of nitrogens with zero attached hydrogens (tertiary/aromatic N) is 1. The molecule has 0 aromatic heterocycles. The fourth-order valence-corrected chi connectivity index (χ4v) is 2.01. The first-order valence-electron chi connectivity index (χ1n) is 6.78. The van der Waals surface area contributed by atoms with Gasteiger partial charge in [0.05, 0.1) is 11.5 Å². The minimum absolute atomic E-state index is 0.0278. The number of hydrogen-bond donors (Lipinski definition) is 2. The third-order valence-corrected chi connectivity index (χ3v) is 3.50. The van der Waals surface area contributed by atoms with Crippen LogP contribution in [0.15, 0.2) is 18.2 Å². The molecule has 0 unspecified atom stereocenters. The second kappa shape index (κ2) is 6.47. The summed E-state index contributed by atoms with van der Waals surface area (Å²) in [6.45, 7) is 3.16. The highest BCUT2D eigenvalue weighted by atomic mass is 16.6. The van der Waals surface area contributed by atoms with E-state index in [9.17, 15) is 14.9 Å². The average molecular weight is 277 g/mol. The maximum Gasteiger partial charge on any atom is 0.272 e. The van der Waals surface area contributed by atoms with E-state index in [-0.39, 0.29) is 23.1 Å². The highest BCUT2D eigenvalue weighted by Gasteiger charge is 2.21. The molecule has 1 aromatic carbocycles. The molecule has 0 atom stereocenters. The summed E-state index contributed by atoms with van der Waals surface area (Å²) >= 11 is 0. The number of nitro groups is 1. The lowest BCUT2D eigenvalue weighted by molar-refractivity contribution is -0.385. The normalized spacial score (nSPS) is 14.1. The van der Waals surface area contributed by atoms with Crippen LogP contribution in [0, 0.1) is 23.0 Å². The summed E-state index contributed by atoms with van der Waals surface area (Å²) in [4.78, 5) is 22.0. The Labute approximate surface area is 117 Å². The zero-order valence-electron chi connectivity index (χ0n) is 11.5. The maximum absolute atomic E-state index is 11.5. The Bertz CT molecular complexity index is 512. The van der Waals surface area contributed by atoms with Crippen LogP contribution in [0.4, 0.5) is 5.69 Å². The molecule has 6 nitrogen and oxygen atoms in total. The average Bonchev–Trinajstić information content (AvgIpc) is 3.22. The number of carbonyl (C=O) groups is 1. The van der Waals surface area contributed by atoms with Crippen LogP contribution in [-0.2, 0) is 11.3 Å². The molecule has 0 bridgehead atoms. The minimum Gasteiger partial charge on any atom is -0.355 e. The van der Waals surface area contributed by atoms with E-state index in [1.807, 2.05) is 6.07 Å². The molecule has 1 fully saturated rings. The second-order valence-electron chi connectivity index (χ2n) is 5.17. The van der Waals surface area contributed by atoms with Crippen LogP contribution in [0.3, 0.4) is 0 Å². The van der Waals surface area contributed by atoms with Gasteiger partial charge in [-0.15, -0.1) is 0 Å². The first-order chi connectivity index (χ1) is 9.58. The van der Waals surface area contributed by atoms with Crippen LogP contribution in [-0.4, -0.2) is 23.9 Å². The van der Waals surface area contributed by atoms with Crippen LogP contribution in [0.25, 0.3) is 0 Å². The van der Waals surface area contributed by atoms with E-state index in [1.165, 1.54) is 18.9 Å². The fraction of sp³-hybridized carbons (Fsp3) is 0.500. The van der Waals surface area contributed by atoms with Gasteiger partial charge in [0.25, 0.3) is 5.69 Å². The van der Waals surface area contributed by atoms with Crippen molar-refractivity contribution >= 4 is 11.6 Å². The third kappa shape index (κ3) is 4.03. The van der Waals surface area contributed by atoms with Crippen molar-refractivity contribution in [1.29, 1.82) is 0 Å². The summed E-state index contributed by atoms with van der Waals surface area (Å²) in [6, 6.07) is 4.98. The molecule has 0 spiro atoms. The van der Waals surface area contributed by atoms with Crippen molar-refractivity contribution in [3.05, 3.63) is 39.4 Å². The van der Waals surface area contributed by atoms with Gasteiger partial charge in [0.1, 0.15) is 0 Å². The second-order valence-corrected chi connectivity index (χ2v) is 5.17. The van der Waals surface area contributed by atoms with Gasteiger partial charge >= 0.3 is 0 Å². The molecule has 0 aliphatic heterocycles. The number of hydrogen-bond acceptors (Lipinski definition) is 4. The predicted molar refractivity (Wildman–Crippen MR) is 75.3 cm³/mol. The summed E-state index contributed by atoms with van der Waals surface area (Å²) in [5, 5.41) is 16.7. The molecule has 0 radical (unpaired) electrons. The molecule has 1 aliphatic carbocycles. The Morgan fingerprint density at radius 1 is 1.45 bits per heavy atom. The number of nitro benzene ring substituents is 1. The van der Waals surface area contributed by atoms with Gasteiger partial charge in [-0.1, -0.05) is 12.1 Å². The standard InChI is InChI=1S/C14H19N3O3/c1-10-12(3-2-4-13(10)17(19)20)8-15-9-14(18)16-7-11-5-6-11/h2-4,11,15H,5-9H2,1H3,(H,16,18). The Morgan fingerprint density at radius 3 is 2.85 bits per heavy atom. The number of rotatable bonds is 7. The largest absolute Gasteiger partial charge is 0.355 e. The quantitative estimate of drug-likeness (QED) is 0.584.